The molecule has 11 nitrogen and oxygen atoms in total. The topological polar surface area (TPSA) is 147 Å². The molecule has 0 atom stereocenters. The summed E-state index contributed by atoms with van der Waals surface area (Å²) < 4.78 is 11.3. The largest absolute Gasteiger partial charge is 0.485 e. The maximum Gasteiger partial charge on any atom is 0.322 e. The molecule has 3 N–H and O–H groups in total. The first-order valence-corrected chi connectivity index (χ1v) is 15.4. The lowest BCUT2D eigenvalue weighted by atomic mass is 9.92. The number of hydrogen-bond acceptors (Lipinski definition) is 9. The van der Waals surface area contributed by atoms with E-state index in [9.17, 15) is 9.59 Å². The molecule has 0 aliphatic carbocycles. The van der Waals surface area contributed by atoms with E-state index in [1.807, 2.05) is 42.5 Å². The van der Waals surface area contributed by atoms with Gasteiger partial charge in [-0.05, 0) is 60.9 Å². The van der Waals surface area contributed by atoms with Crippen molar-refractivity contribution >= 4 is 17.6 Å². The van der Waals surface area contributed by atoms with Crippen molar-refractivity contribution in [2.75, 3.05) is 37.7 Å². The highest BCUT2D eigenvalue weighted by Crippen LogP contribution is 2.28. The van der Waals surface area contributed by atoms with Gasteiger partial charge >= 0.3 is 5.97 Å². The Morgan fingerprint density at radius 2 is 1.67 bits per heavy atom. The number of piperidine rings is 1. The maximum atomic E-state index is 13.0. The molecule has 1 aliphatic rings. The number of carboxylic acid groups (broad SMARTS) is 1. The van der Waals surface area contributed by atoms with E-state index in [1.54, 1.807) is 13.1 Å². The van der Waals surface area contributed by atoms with E-state index in [-0.39, 0.29) is 31.3 Å². The van der Waals surface area contributed by atoms with Crippen molar-refractivity contribution in [3.05, 3.63) is 107 Å². The van der Waals surface area contributed by atoms with Gasteiger partial charge in [0.25, 0.3) is 5.91 Å². The fourth-order valence-electron chi connectivity index (χ4n) is 5.47. The average Bonchev–Trinajstić information content (AvgIpc) is 3.07. The van der Waals surface area contributed by atoms with Crippen LogP contribution in [0, 0.1) is 12.8 Å². The molecule has 0 unspecified atom stereocenters. The van der Waals surface area contributed by atoms with Crippen LogP contribution in [0.2, 0.25) is 0 Å². The van der Waals surface area contributed by atoms with Gasteiger partial charge in [-0.3, -0.25) is 9.59 Å². The van der Waals surface area contributed by atoms with Crippen LogP contribution in [0.1, 0.15) is 51.5 Å². The summed E-state index contributed by atoms with van der Waals surface area (Å²) >= 11 is 0. The zero-order valence-corrected chi connectivity index (χ0v) is 25.9. The van der Waals surface area contributed by atoms with E-state index >= 15 is 0 Å². The molecule has 0 saturated carbocycles. The number of aliphatic hydroxyl groups excluding tert-OH is 1. The second-order valence-corrected chi connectivity index (χ2v) is 11.3. The Morgan fingerprint density at radius 1 is 0.935 bits per heavy atom. The third kappa shape index (κ3) is 9.01. The van der Waals surface area contributed by atoms with Crippen molar-refractivity contribution in [1.82, 2.24) is 20.3 Å². The number of rotatable bonds is 14. The van der Waals surface area contributed by atoms with E-state index in [1.165, 1.54) is 11.3 Å². The molecule has 2 aromatic carbocycles. The first-order valence-electron chi connectivity index (χ1n) is 15.4. The summed E-state index contributed by atoms with van der Waals surface area (Å²) in [5.41, 5.74) is 4.98. The molecule has 0 spiro atoms. The van der Waals surface area contributed by atoms with Crippen LogP contribution in [0.3, 0.4) is 0 Å². The summed E-state index contributed by atoms with van der Waals surface area (Å²) in [5.74, 6) is -0.0799. The second kappa shape index (κ2) is 15.8. The number of carboxylic acids is 1. The average molecular weight is 626 g/mol. The van der Waals surface area contributed by atoms with Crippen molar-refractivity contribution in [3.63, 3.8) is 0 Å². The number of pyridine rings is 1. The smallest absolute Gasteiger partial charge is 0.322 e. The fourth-order valence-corrected chi connectivity index (χ4v) is 5.47. The van der Waals surface area contributed by atoms with Crippen LogP contribution in [0.5, 0.6) is 11.6 Å². The molecule has 11 heteroatoms. The number of hydrogen-bond donors (Lipinski definition) is 3. The van der Waals surface area contributed by atoms with Crippen molar-refractivity contribution in [1.29, 1.82) is 0 Å². The molecular formula is C35H39N5O6. The number of carbonyl (C=O) groups is 2. The predicted octanol–water partition coefficient (Wildman–Crippen LogP) is 3.99. The fraction of sp³-hybridized carbons (Fsp3) is 0.343. The molecule has 1 fully saturated rings. The highest BCUT2D eigenvalue weighted by molar-refractivity contribution is 5.96. The van der Waals surface area contributed by atoms with Crippen LogP contribution in [-0.4, -0.2) is 69.9 Å². The number of amides is 1. The van der Waals surface area contributed by atoms with Gasteiger partial charge in [-0.2, -0.15) is 0 Å². The van der Waals surface area contributed by atoms with Gasteiger partial charge in [0.2, 0.25) is 5.88 Å². The summed E-state index contributed by atoms with van der Waals surface area (Å²) in [5, 5.41) is 20.4. The lowest BCUT2D eigenvalue weighted by molar-refractivity contribution is -0.135. The Balaban J connectivity index is 1.18. The maximum absolute atomic E-state index is 13.0. The van der Waals surface area contributed by atoms with E-state index in [0.29, 0.717) is 29.7 Å². The lowest BCUT2D eigenvalue weighted by Gasteiger charge is -2.33. The number of aliphatic carboxylic acids is 1. The summed E-state index contributed by atoms with van der Waals surface area (Å²) in [6.45, 7) is 3.48. The minimum Gasteiger partial charge on any atom is -0.485 e. The van der Waals surface area contributed by atoms with Crippen LogP contribution < -0.4 is 19.7 Å². The van der Waals surface area contributed by atoms with E-state index in [0.717, 1.165) is 43.5 Å². The number of nitrogens with one attached hydrogen (secondary N) is 1. The Hall–Kier alpha value is -5.03. The second-order valence-electron chi connectivity index (χ2n) is 11.3. The van der Waals surface area contributed by atoms with Crippen LogP contribution in [0.15, 0.2) is 72.9 Å². The Kier molecular flexibility index (Phi) is 11.1. The molecule has 0 bridgehead atoms. The minimum atomic E-state index is -1.14. The zero-order valence-electron chi connectivity index (χ0n) is 25.9. The van der Waals surface area contributed by atoms with Gasteiger partial charge in [-0.25, -0.2) is 15.0 Å². The molecule has 240 valence electrons. The number of aliphatic hydroxyl groups is 1. The molecule has 3 heterocycles. The number of aryl methyl sites for hydroxylation is 1. The number of carbonyl (C=O) groups excluding carboxylic acids is 1. The quantitative estimate of drug-likeness (QED) is 0.188. The van der Waals surface area contributed by atoms with Gasteiger partial charge < -0.3 is 29.9 Å². The van der Waals surface area contributed by atoms with Crippen molar-refractivity contribution < 1.29 is 29.3 Å². The summed E-state index contributed by atoms with van der Waals surface area (Å²) in [7, 11) is 0. The first-order chi connectivity index (χ1) is 22.4. The number of ether oxygens (including phenoxy) is 2. The highest BCUT2D eigenvalue weighted by Gasteiger charge is 2.24. The molecule has 4 aromatic rings. The number of nitrogens with zero attached hydrogens (tertiary/aromatic N) is 4. The van der Waals surface area contributed by atoms with Crippen molar-refractivity contribution in [2.45, 2.75) is 39.2 Å². The third-order valence-corrected chi connectivity index (χ3v) is 7.86. The van der Waals surface area contributed by atoms with Crippen molar-refractivity contribution in [2.24, 2.45) is 5.92 Å². The normalized spacial score (nSPS) is 13.3. The summed E-state index contributed by atoms with van der Waals surface area (Å²) in [6.07, 6.45) is 5.08. The van der Waals surface area contributed by atoms with Gasteiger partial charge in [0.05, 0.1) is 12.3 Å². The van der Waals surface area contributed by atoms with Gasteiger partial charge in [-0.1, -0.05) is 48.5 Å². The molecule has 1 saturated heterocycles. The lowest BCUT2D eigenvalue weighted by Crippen LogP contribution is -2.34. The predicted molar refractivity (Wildman–Crippen MR) is 172 cm³/mol. The van der Waals surface area contributed by atoms with Gasteiger partial charge in [0.15, 0.2) is 11.4 Å². The molecule has 1 aliphatic heterocycles. The number of anilines is 1. The molecule has 0 radical (unpaired) electrons. The third-order valence-electron chi connectivity index (χ3n) is 7.86. The Labute approximate surface area is 268 Å². The number of aromatic nitrogens is 3. The van der Waals surface area contributed by atoms with Crippen LogP contribution in [0.25, 0.3) is 0 Å². The summed E-state index contributed by atoms with van der Waals surface area (Å²) in [6, 6.07) is 22.0. The van der Waals surface area contributed by atoms with Gasteiger partial charge in [0.1, 0.15) is 25.6 Å². The van der Waals surface area contributed by atoms with Crippen LogP contribution in [-0.2, 0) is 24.2 Å². The molecule has 46 heavy (non-hydrogen) atoms. The van der Waals surface area contributed by atoms with Gasteiger partial charge in [-0.15, -0.1) is 0 Å². The van der Waals surface area contributed by atoms with Crippen LogP contribution in [0.4, 0.5) is 5.69 Å². The molecule has 2 aromatic heterocycles. The van der Waals surface area contributed by atoms with Crippen LogP contribution >= 0.6 is 0 Å². The van der Waals surface area contributed by atoms with E-state index in [4.69, 9.17) is 19.7 Å². The molecular weight excluding hydrogens is 586 g/mol. The Bertz CT molecular complexity index is 1590. The van der Waals surface area contributed by atoms with E-state index in [2.05, 4.69) is 49.4 Å². The summed E-state index contributed by atoms with van der Waals surface area (Å²) in [4.78, 5) is 40.0. The first kappa shape index (κ1) is 32.4. The molecule has 1 amide bonds. The highest BCUT2D eigenvalue weighted by atomic mass is 16.5. The Morgan fingerprint density at radius 3 is 2.35 bits per heavy atom. The molecule has 5 rings (SSSR count). The standard InChI is InChI=1S/C35H39N5O6/c1-24-34(46-23-27-5-3-2-4-6-27)33(35(44)37-22-32(42)43)39-30(38-24)20-26-13-15-40(16-14-26)29-10-7-25(8-11-29)19-28-9-12-31(36-21-28)45-18-17-41/h2-12,21,26,41H,13-20,22-23H2,1H3,(H,37,44)(H,42,43). The number of benzene rings is 2. The van der Waals surface area contributed by atoms with Gasteiger partial charge in [0, 0.05) is 37.5 Å². The zero-order chi connectivity index (χ0) is 32.3. The monoisotopic (exact) mass is 625 g/mol. The van der Waals surface area contributed by atoms with Crippen molar-refractivity contribution in [3.8, 4) is 11.6 Å². The SMILES string of the molecule is Cc1nc(CC2CCN(c3ccc(Cc4ccc(OCCO)nc4)cc3)CC2)nc(C(=O)NCC(=O)O)c1OCc1ccccc1. The minimum absolute atomic E-state index is 0.0421. The van der Waals surface area contributed by atoms with E-state index < -0.39 is 18.4 Å².